The molecule has 0 radical (unpaired) electrons. The first-order valence-electron chi connectivity index (χ1n) is 9.35. The van der Waals surface area contributed by atoms with E-state index in [1.54, 1.807) is 23.6 Å². The van der Waals surface area contributed by atoms with Gasteiger partial charge in [-0.05, 0) is 29.8 Å². The molecule has 0 aliphatic heterocycles. The van der Waals surface area contributed by atoms with Crippen molar-refractivity contribution < 1.29 is 27.9 Å². The molecule has 0 atom stereocenters. The first-order chi connectivity index (χ1) is 15.4. The molecule has 0 unspecified atom stereocenters. The minimum atomic E-state index is -0.653. The van der Waals surface area contributed by atoms with Gasteiger partial charge in [0, 0.05) is 16.3 Å². The number of methoxy groups -OCH3 is 2. The van der Waals surface area contributed by atoms with Crippen molar-refractivity contribution in [3.63, 3.8) is 0 Å². The van der Waals surface area contributed by atoms with E-state index < -0.39 is 17.7 Å². The molecular formula is C23H17FN2O5S. The minimum Gasteiger partial charge on any atom is -0.493 e. The Hall–Kier alpha value is -3.98. The molecule has 7 nitrogen and oxygen atoms in total. The second-order valence-corrected chi connectivity index (χ2v) is 7.55. The van der Waals surface area contributed by atoms with Crippen molar-refractivity contribution in [3.05, 3.63) is 76.4 Å². The fraction of sp³-hybridized carbons (Fsp3) is 0.0870. The molecule has 9 heteroatoms. The summed E-state index contributed by atoms with van der Waals surface area (Å²) >= 11 is 1.12. The predicted molar refractivity (Wildman–Crippen MR) is 118 cm³/mol. The zero-order valence-electron chi connectivity index (χ0n) is 17.0. The number of rotatable bonds is 5. The number of halogens is 1. The van der Waals surface area contributed by atoms with Crippen LogP contribution in [0.4, 0.5) is 9.39 Å². The van der Waals surface area contributed by atoms with Crippen LogP contribution >= 0.6 is 11.3 Å². The van der Waals surface area contributed by atoms with Crippen LogP contribution in [0.5, 0.6) is 5.75 Å². The van der Waals surface area contributed by atoms with E-state index in [0.717, 1.165) is 11.3 Å². The summed E-state index contributed by atoms with van der Waals surface area (Å²) in [5, 5.41) is 13.3. The maximum absolute atomic E-state index is 13.3. The van der Waals surface area contributed by atoms with Crippen LogP contribution in [-0.4, -0.2) is 26.1 Å². The number of carbonyl (C=O) groups is 2. The Labute approximate surface area is 185 Å². The van der Waals surface area contributed by atoms with Gasteiger partial charge in [-0.15, -0.1) is 11.3 Å². The molecule has 4 rings (SSSR count). The van der Waals surface area contributed by atoms with E-state index in [2.05, 4.69) is 5.32 Å². The molecule has 2 aromatic heterocycles. The van der Waals surface area contributed by atoms with Crippen LogP contribution in [0, 0.1) is 11.2 Å². The molecule has 2 heterocycles. The lowest BCUT2D eigenvalue weighted by Crippen LogP contribution is -2.21. The number of thiophene rings is 1. The number of ether oxygens (including phenoxy) is 2. The van der Waals surface area contributed by atoms with Gasteiger partial charge in [0.05, 0.1) is 14.2 Å². The highest BCUT2D eigenvalue weighted by molar-refractivity contribution is 7.15. The SMILES string of the molecule is COC(=O)c1c(-c2ccc(F)cc2)csc1NC(=O)c1cc2cccc(OC)c2oc1=N. The summed E-state index contributed by atoms with van der Waals surface area (Å²) in [6.45, 7) is 0. The third-order valence-corrected chi connectivity index (χ3v) is 5.68. The van der Waals surface area contributed by atoms with Crippen molar-refractivity contribution in [1.82, 2.24) is 0 Å². The molecule has 2 aromatic carbocycles. The van der Waals surface area contributed by atoms with E-state index in [1.807, 2.05) is 0 Å². The molecule has 1 amide bonds. The standard InChI is InChI=1S/C23H17FN2O5S/c1-29-17-5-3-4-13-10-15(20(25)31-19(13)17)21(27)26-22-18(23(28)30-2)16(11-32-22)12-6-8-14(24)9-7-12/h3-11,25H,1-2H3,(H,26,27). The minimum absolute atomic E-state index is 0.0155. The maximum atomic E-state index is 13.3. The number of benzene rings is 2. The maximum Gasteiger partial charge on any atom is 0.341 e. The molecule has 4 aromatic rings. The van der Waals surface area contributed by atoms with Gasteiger partial charge in [-0.25, -0.2) is 9.18 Å². The van der Waals surface area contributed by atoms with Crippen LogP contribution in [-0.2, 0) is 4.74 Å². The molecule has 0 fully saturated rings. The first kappa shape index (κ1) is 21.3. The summed E-state index contributed by atoms with van der Waals surface area (Å²) in [6, 6.07) is 12.3. The van der Waals surface area contributed by atoms with Crippen molar-refractivity contribution in [2.24, 2.45) is 0 Å². The van der Waals surface area contributed by atoms with Crippen LogP contribution in [0.1, 0.15) is 20.7 Å². The van der Waals surface area contributed by atoms with Gasteiger partial charge in [-0.3, -0.25) is 10.2 Å². The normalized spacial score (nSPS) is 10.7. The second kappa shape index (κ2) is 8.64. The van der Waals surface area contributed by atoms with E-state index in [4.69, 9.17) is 19.3 Å². The lowest BCUT2D eigenvalue weighted by molar-refractivity contribution is 0.0603. The van der Waals surface area contributed by atoms with Gasteiger partial charge in [-0.2, -0.15) is 0 Å². The number of anilines is 1. The summed E-state index contributed by atoms with van der Waals surface area (Å²) in [6.07, 6.45) is 0. The van der Waals surface area contributed by atoms with E-state index >= 15 is 0 Å². The van der Waals surface area contributed by atoms with Gasteiger partial charge >= 0.3 is 5.97 Å². The molecule has 0 saturated carbocycles. The van der Waals surface area contributed by atoms with Crippen LogP contribution in [0.3, 0.4) is 0 Å². The molecule has 2 N–H and O–H groups in total. The molecule has 162 valence electrons. The van der Waals surface area contributed by atoms with E-state index in [0.29, 0.717) is 27.8 Å². The zero-order chi connectivity index (χ0) is 22.8. The highest BCUT2D eigenvalue weighted by Crippen LogP contribution is 2.36. The smallest absolute Gasteiger partial charge is 0.341 e. The third-order valence-electron chi connectivity index (χ3n) is 4.79. The highest BCUT2D eigenvalue weighted by Gasteiger charge is 2.24. The lowest BCUT2D eigenvalue weighted by atomic mass is 10.0. The Bertz CT molecular complexity index is 1390. The van der Waals surface area contributed by atoms with Gasteiger partial charge in [0.25, 0.3) is 5.91 Å². The molecule has 0 aliphatic carbocycles. The van der Waals surface area contributed by atoms with Crippen LogP contribution < -0.4 is 15.6 Å². The molecule has 0 saturated heterocycles. The van der Waals surface area contributed by atoms with Gasteiger partial charge in [0.2, 0.25) is 5.55 Å². The average Bonchev–Trinajstić information content (AvgIpc) is 3.21. The summed E-state index contributed by atoms with van der Waals surface area (Å²) in [7, 11) is 2.72. The molecule has 0 aliphatic rings. The number of hydrogen-bond donors (Lipinski definition) is 2. The van der Waals surface area contributed by atoms with Crippen molar-refractivity contribution >= 4 is 39.2 Å². The zero-order valence-corrected chi connectivity index (χ0v) is 17.8. The Morgan fingerprint density at radius 1 is 1.12 bits per heavy atom. The van der Waals surface area contributed by atoms with Gasteiger partial charge in [0.15, 0.2) is 11.3 Å². The van der Waals surface area contributed by atoms with Crippen molar-refractivity contribution in [1.29, 1.82) is 5.41 Å². The van der Waals surface area contributed by atoms with Crippen molar-refractivity contribution in [2.45, 2.75) is 0 Å². The Kier molecular flexibility index (Phi) is 5.74. The summed E-state index contributed by atoms with van der Waals surface area (Å²) in [5.74, 6) is -1.24. The van der Waals surface area contributed by atoms with E-state index in [1.165, 1.54) is 44.6 Å². The topological polar surface area (TPSA) is 102 Å². The van der Waals surface area contributed by atoms with Gasteiger partial charge < -0.3 is 19.2 Å². The fourth-order valence-corrected chi connectivity index (χ4v) is 4.18. The third kappa shape index (κ3) is 3.85. The highest BCUT2D eigenvalue weighted by atomic mass is 32.1. The summed E-state index contributed by atoms with van der Waals surface area (Å²) in [5.41, 5.74) is 1.21. The lowest BCUT2D eigenvalue weighted by Gasteiger charge is -2.09. The molecule has 0 bridgehead atoms. The molecule has 32 heavy (non-hydrogen) atoms. The summed E-state index contributed by atoms with van der Waals surface area (Å²) in [4.78, 5) is 25.4. The van der Waals surface area contributed by atoms with E-state index in [9.17, 15) is 14.0 Å². The van der Waals surface area contributed by atoms with Crippen LogP contribution in [0.25, 0.3) is 22.1 Å². The number of nitrogens with one attached hydrogen (secondary N) is 2. The number of carbonyl (C=O) groups excluding carboxylic acids is 2. The van der Waals surface area contributed by atoms with Gasteiger partial charge in [0.1, 0.15) is 21.9 Å². The van der Waals surface area contributed by atoms with Gasteiger partial charge in [-0.1, -0.05) is 24.3 Å². The fourth-order valence-electron chi connectivity index (χ4n) is 3.23. The molecular weight excluding hydrogens is 435 g/mol. The molecule has 0 spiro atoms. The first-order valence-corrected chi connectivity index (χ1v) is 10.2. The Morgan fingerprint density at radius 2 is 1.88 bits per heavy atom. The average molecular weight is 452 g/mol. The van der Waals surface area contributed by atoms with Crippen LogP contribution in [0.15, 0.2) is 58.3 Å². The number of amides is 1. The number of para-hydroxylation sites is 1. The monoisotopic (exact) mass is 452 g/mol. The number of hydrogen-bond acceptors (Lipinski definition) is 7. The van der Waals surface area contributed by atoms with Crippen LogP contribution in [0.2, 0.25) is 0 Å². The predicted octanol–water partition coefficient (Wildman–Crippen LogP) is 4.83. The van der Waals surface area contributed by atoms with E-state index in [-0.39, 0.29) is 21.7 Å². The van der Waals surface area contributed by atoms with Crippen molar-refractivity contribution in [2.75, 3.05) is 19.5 Å². The number of esters is 1. The number of fused-ring (bicyclic) bond motifs is 1. The summed E-state index contributed by atoms with van der Waals surface area (Å²) < 4.78 is 28.9. The van der Waals surface area contributed by atoms with Crippen molar-refractivity contribution in [3.8, 4) is 16.9 Å². The Balaban J connectivity index is 1.74. The quantitative estimate of drug-likeness (QED) is 0.423. The largest absolute Gasteiger partial charge is 0.493 e. The Morgan fingerprint density at radius 3 is 2.56 bits per heavy atom. The second-order valence-electron chi connectivity index (χ2n) is 6.67.